The van der Waals surface area contributed by atoms with E-state index in [0.717, 1.165) is 5.75 Å². The summed E-state index contributed by atoms with van der Waals surface area (Å²) in [6.07, 6.45) is 13.3. The SMILES string of the molecule is C#CSCCCCCCCC. The fraction of sp³-hybridized carbons (Fsp3) is 0.800. The van der Waals surface area contributed by atoms with Gasteiger partial charge in [0.1, 0.15) is 0 Å². The normalized spacial score (nSPS) is 9.45. The van der Waals surface area contributed by atoms with Crippen LogP contribution in [0.4, 0.5) is 0 Å². The second kappa shape index (κ2) is 9.91. The number of rotatable bonds is 7. The van der Waals surface area contributed by atoms with E-state index in [0.29, 0.717) is 0 Å². The van der Waals surface area contributed by atoms with E-state index in [4.69, 9.17) is 6.42 Å². The first-order valence-corrected chi connectivity index (χ1v) is 5.47. The van der Waals surface area contributed by atoms with Crippen molar-refractivity contribution in [3.05, 3.63) is 0 Å². The maximum Gasteiger partial charge on any atom is 0.00566 e. The van der Waals surface area contributed by atoms with Gasteiger partial charge in [-0.1, -0.05) is 50.8 Å². The number of hydrogen-bond donors (Lipinski definition) is 0. The lowest BCUT2D eigenvalue weighted by Gasteiger charge is -1.97. The van der Waals surface area contributed by atoms with Gasteiger partial charge in [-0.25, -0.2) is 0 Å². The van der Waals surface area contributed by atoms with E-state index in [1.54, 1.807) is 11.8 Å². The zero-order valence-corrected chi connectivity index (χ0v) is 8.25. The van der Waals surface area contributed by atoms with E-state index in [1.807, 2.05) is 0 Å². The van der Waals surface area contributed by atoms with Crippen LogP contribution in [0, 0.1) is 11.7 Å². The van der Waals surface area contributed by atoms with E-state index in [2.05, 4.69) is 12.2 Å². The molecule has 0 aromatic rings. The van der Waals surface area contributed by atoms with E-state index < -0.39 is 0 Å². The third-order valence-corrected chi connectivity index (χ3v) is 2.34. The van der Waals surface area contributed by atoms with E-state index >= 15 is 0 Å². The molecule has 64 valence electrons. The molecule has 11 heavy (non-hydrogen) atoms. The number of thioether (sulfide) groups is 1. The lowest BCUT2D eigenvalue weighted by Crippen LogP contribution is -1.80. The third-order valence-electron chi connectivity index (χ3n) is 1.68. The molecule has 0 aliphatic heterocycles. The number of unbranched alkanes of at least 4 members (excludes halogenated alkanes) is 5. The standard InChI is InChI=1S/C10H18S/c1-3-5-6-7-8-9-10-11-4-2/h2H,3,5-10H2,1H3. The molecule has 0 unspecified atom stereocenters. The van der Waals surface area contributed by atoms with Gasteiger partial charge in [-0.05, 0) is 11.7 Å². The average Bonchev–Trinajstić information content (AvgIpc) is 2.03. The Labute approximate surface area is 75.1 Å². The first kappa shape index (κ1) is 10.9. The molecule has 0 amide bonds. The fourth-order valence-corrected chi connectivity index (χ4v) is 1.48. The molecule has 0 nitrogen and oxygen atoms in total. The summed E-state index contributed by atoms with van der Waals surface area (Å²) in [5.41, 5.74) is 0. The molecule has 0 radical (unpaired) electrons. The summed E-state index contributed by atoms with van der Waals surface area (Å²) in [7, 11) is 0. The summed E-state index contributed by atoms with van der Waals surface area (Å²) in [5.74, 6) is 1.14. The van der Waals surface area contributed by atoms with Crippen LogP contribution in [0.15, 0.2) is 0 Å². The quantitative estimate of drug-likeness (QED) is 0.415. The smallest absolute Gasteiger partial charge is 0.00566 e. The highest BCUT2D eigenvalue weighted by molar-refractivity contribution is 8.03. The summed E-state index contributed by atoms with van der Waals surface area (Å²) >= 11 is 1.60. The molecule has 1 heteroatoms. The van der Waals surface area contributed by atoms with Crippen LogP contribution < -0.4 is 0 Å². The second-order valence-corrected chi connectivity index (χ2v) is 3.67. The first-order valence-electron chi connectivity index (χ1n) is 4.49. The average molecular weight is 170 g/mol. The van der Waals surface area contributed by atoms with Gasteiger partial charge in [0.25, 0.3) is 0 Å². The van der Waals surface area contributed by atoms with Crippen molar-refractivity contribution in [3.8, 4) is 11.7 Å². The Morgan fingerprint density at radius 1 is 1.09 bits per heavy atom. The van der Waals surface area contributed by atoms with Gasteiger partial charge >= 0.3 is 0 Å². The highest BCUT2D eigenvalue weighted by atomic mass is 32.2. The van der Waals surface area contributed by atoms with E-state index in [9.17, 15) is 0 Å². The van der Waals surface area contributed by atoms with Gasteiger partial charge < -0.3 is 0 Å². The fourth-order valence-electron chi connectivity index (χ4n) is 1.01. The Morgan fingerprint density at radius 2 is 1.73 bits per heavy atom. The van der Waals surface area contributed by atoms with Crippen LogP contribution in [0.25, 0.3) is 0 Å². The van der Waals surface area contributed by atoms with Gasteiger partial charge in [0.15, 0.2) is 0 Å². The van der Waals surface area contributed by atoms with Crippen molar-refractivity contribution >= 4 is 11.8 Å². The maximum atomic E-state index is 5.10. The summed E-state index contributed by atoms with van der Waals surface area (Å²) in [6.45, 7) is 2.24. The summed E-state index contributed by atoms with van der Waals surface area (Å²) in [4.78, 5) is 0. The molecule has 0 aliphatic carbocycles. The third kappa shape index (κ3) is 9.91. The van der Waals surface area contributed by atoms with Gasteiger partial charge in [-0.15, -0.1) is 6.42 Å². The molecule has 0 saturated heterocycles. The summed E-state index contributed by atoms with van der Waals surface area (Å²) < 4.78 is 0. The molecule has 0 aromatic carbocycles. The minimum Gasteiger partial charge on any atom is -0.108 e. The Hall–Kier alpha value is -0.0900. The Morgan fingerprint density at radius 3 is 2.36 bits per heavy atom. The van der Waals surface area contributed by atoms with Gasteiger partial charge in [0.05, 0.1) is 0 Å². The highest BCUT2D eigenvalue weighted by Crippen LogP contribution is 2.08. The molecule has 0 bridgehead atoms. The van der Waals surface area contributed by atoms with Crippen molar-refractivity contribution in [3.63, 3.8) is 0 Å². The second-order valence-electron chi connectivity index (χ2n) is 2.73. The molecular formula is C10H18S. The Balaban J connectivity index is 2.75. The minimum absolute atomic E-state index is 1.14. The molecule has 0 aliphatic rings. The predicted octanol–water partition coefficient (Wildman–Crippen LogP) is 3.67. The number of terminal acetylenes is 1. The molecule has 0 saturated carbocycles. The zero-order valence-electron chi connectivity index (χ0n) is 7.44. The van der Waals surface area contributed by atoms with E-state index in [1.165, 1.54) is 38.5 Å². The molecule has 0 fully saturated rings. The Kier molecular flexibility index (Phi) is 9.83. The van der Waals surface area contributed by atoms with Crippen LogP contribution in [-0.2, 0) is 0 Å². The van der Waals surface area contributed by atoms with Crippen molar-refractivity contribution in [1.29, 1.82) is 0 Å². The lowest BCUT2D eigenvalue weighted by atomic mass is 10.1. The van der Waals surface area contributed by atoms with Gasteiger partial charge in [-0.3, -0.25) is 0 Å². The van der Waals surface area contributed by atoms with Crippen molar-refractivity contribution in [2.24, 2.45) is 0 Å². The first-order chi connectivity index (χ1) is 5.41. The summed E-state index contributed by atoms with van der Waals surface area (Å²) in [5, 5.41) is 2.59. The molecule has 0 heterocycles. The topological polar surface area (TPSA) is 0 Å². The molecule has 0 rings (SSSR count). The summed E-state index contributed by atoms with van der Waals surface area (Å²) in [6, 6.07) is 0. The van der Waals surface area contributed by atoms with Crippen molar-refractivity contribution in [2.75, 3.05) is 5.75 Å². The molecule has 0 spiro atoms. The lowest BCUT2D eigenvalue weighted by molar-refractivity contribution is 0.627. The monoisotopic (exact) mass is 170 g/mol. The number of hydrogen-bond acceptors (Lipinski definition) is 1. The van der Waals surface area contributed by atoms with Gasteiger partial charge in [-0.2, -0.15) is 0 Å². The van der Waals surface area contributed by atoms with Crippen LogP contribution in [0.5, 0.6) is 0 Å². The molecule has 0 N–H and O–H groups in total. The van der Waals surface area contributed by atoms with Crippen LogP contribution in [0.2, 0.25) is 0 Å². The molecular weight excluding hydrogens is 152 g/mol. The maximum absolute atomic E-state index is 5.10. The van der Waals surface area contributed by atoms with E-state index in [-0.39, 0.29) is 0 Å². The van der Waals surface area contributed by atoms with Crippen molar-refractivity contribution in [2.45, 2.75) is 45.4 Å². The van der Waals surface area contributed by atoms with Gasteiger partial charge in [0.2, 0.25) is 0 Å². The van der Waals surface area contributed by atoms with Crippen LogP contribution in [0.3, 0.4) is 0 Å². The largest absolute Gasteiger partial charge is 0.108 e. The zero-order chi connectivity index (χ0) is 8.36. The van der Waals surface area contributed by atoms with Crippen LogP contribution in [0.1, 0.15) is 45.4 Å². The van der Waals surface area contributed by atoms with Crippen molar-refractivity contribution < 1.29 is 0 Å². The predicted molar refractivity (Wildman–Crippen MR) is 54.7 cm³/mol. The van der Waals surface area contributed by atoms with Crippen molar-refractivity contribution in [1.82, 2.24) is 0 Å². The molecule has 0 atom stereocenters. The highest BCUT2D eigenvalue weighted by Gasteiger charge is 1.88. The minimum atomic E-state index is 1.14. The Bertz CT molecular complexity index is 102. The van der Waals surface area contributed by atoms with Crippen LogP contribution >= 0.6 is 11.8 Å². The molecule has 0 aromatic heterocycles. The van der Waals surface area contributed by atoms with Crippen LogP contribution in [-0.4, -0.2) is 5.75 Å². The van der Waals surface area contributed by atoms with Gasteiger partial charge in [0, 0.05) is 5.75 Å².